The van der Waals surface area contributed by atoms with Crippen LogP contribution in [0.4, 0.5) is 5.82 Å². The minimum atomic E-state index is -0.390. The summed E-state index contributed by atoms with van der Waals surface area (Å²) in [6, 6.07) is 14.6. The Labute approximate surface area is 207 Å². The molecule has 186 valence electrons. The van der Waals surface area contributed by atoms with Crippen LogP contribution in [0.15, 0.2) is 48.5 Å². The second-order valence-electron chi connectivity index (χ2n) is 9.41. The normalized spacial score (nSPS) is 17.2. The van der Waals surface area contributed by atoms with Gasteiger partial charge in [0.15, 0.2) is 0 Å². The fourth-order valence-corrected chi connectivity index (χ4v) is 4.26. The van der Waals surface area contributed by atoms with Gasteiger partial charge >= 0.3 is 5.97 Å². The number of anilines is 1. The molecule has 0 bridgehead atoms. The number of nitrogens with zero attached hydrogens (tertiary/aromatic N) is 3. The Morgan fingerprint density at radius 1 is 0.971 bits per heavy atom. The molecule has 0 spiro atoms. The summed E-state index contributed by atoms with van der Waals surface area (Å²) < 4.78 is 4.63. The largest absolute Gasteiger partial charge is 0.465 e. The zero-order valence-electron chi connectivity index (χ0n) is 21.4. The monoisotopic (exact) mass is 476 g/mol. The van der Waals surface area contributed by atoms with Crippen molar-refractivity contribution in [3.8, 4) is 0 Å². The molecule has 1 amide bonds. The summed E-state index contributed by atoms with van der Waals surface area (Å²) in [5.41, 5.74) is 2.03. The Bertz CT molecular complexity index is 1140. The fourth-order valence-electron chi connectivity index (χ4n) is 4.26. The molecule has 1 saturated carbocycles. The number of hydrogen-bond donors (Lipinski definition) is 1. The van der Waals surface area contributed by atoms with E-state index < -0.39 is 5.97 Å². The van der Waals surface area contributed by atoms with Gasteiger partial charge in [-0.1, -0.05) is 31.9 Å². The number of fused-ring (bicyclic) bond motifs is 1. The third kappa shape index (κ3) is 7.25. The highest BCUT2D eigenvalue weighted by Gasteiger charge is 2.19. The maximum atomic E-state index is 12.1. The van der Waals surface area contributed by atoms with Gasteiger partial charge in [-0.05, 0) is 68.0 Å². The summed E-state index contributed by atoms with van der Waals surface area (Å²) in [5.74, 6) is 2.74. The zero-order chi connectivity index (χ0) is 25.4. The van der Waals surface area contributed by atoms with Gasteiger partial charge in [0.05, 0.1) is 18.2 Å². The van der Waals surface area contributed by atoms with Gasteiger partial charge in [-0.3, -0.25) is 4.79 Å². The van der Waals surface area contributed by atoms with Crippen LogP contribution in [0.3, 0.4) is 0 Å². The number of para-hydroxylation sites is 1. The summed E-state index contributed by atoms with van der Waals surface area (Å²) in [4.78, 5) is 34.2. The summed E-state index contributed by atoms with van der Waals surface area (Å²) in [6.45, 7) is 4.95. The van der Waals surface area contributed by atoms with Crippen molar-refractivity contribution in [2.75, 3.05) is 32.6 Å². The van der Waals surface area contributed by atoms with Crippen LogP contribution in [0.2, 0.25) is 0 Å². The molecular formula is C28H36N4O3. The van der Waals surface area contributed by atoms with E-state index in [1.165, 1.54) is 32.8 Å². The van der Waals surface area contributed by atoms with Crippen molar-refractivity contribution in [3.63, 3.8) is 0 Å². The highest BCUT2D eigenvalue weighted by molar-refractivity contribution is 5.96. The molecule has 0 aliphatic heterocycles. The van der Waals surface area contributed by atoms with Crippen LogP contribution in [-0.2, 0) is 4.74 Å². The first-order valence-corrected chi connectivity index (χ1v) is 12.2. The van der Waals surface area contributed by atoms with Crippen molar-refractivity contribution in [1.82, 2.24) is 15.3 Å². The molecule has 35 heavy (non-hydrogen) atoms. The molecule has 1 heterocycles. The summed E-state index contributed by atoms with van der Waals surface area (Å²) in [5, 5.41) is 4.09. The van der Waals surface area contributed by atoms with Gasteiger partial charge in [-0.2, -0.15) is 0 Å². The molecule has 3 aromatic rings. The SMILES string of the molecule is COC(=O)c1ccc(C(=O)NCC2CCC(C)CC2)cc1.Cc1nc(N(C)C)c2ccccc2n1. The molecule has 4 rings (SSSR count). The number of benzene rings is 2. The summed E-state index contributed by atoms with van der Waals surface area (Å²) in [7, 11) is 5.33. The van der Waals surface area contributed by atoms with Crippen molar-refractivity contribution in [2.24, 2.45) is 11.8 Å². The Morgan fingerprint density at radius 3 is 2.23 bits per heavy atom. The van der Waals surface area contributed by atoms with Gasteiger partial charge in [0.2, 0.25) is 0 Å². The number of ether oxygens (including phenoxy) is 1. The van der Waals surface area contributed by atoms with E-state index in [9.17, 15) is 9.59 Å². The van der Waals surface area contributed by atoms with Gasteiger partial charge < -0.3 is 15.0 Å². The maximum Gasteiger partial charge on any atom is 0.337 e. The van der Waals surface area contributed by atoms with Crippen molar-refractivity contribution in [1.29, 1.82) is 0 Å². The highest BCUT2D eigenvalue weighted by atomic mass is 16.5. The third-order valence-corrected chi connectivity index (χ3v) is 6.37. The molecular weight excluding hydrogens is 440 g/mol. The lowest BCUT2D eigenvalue weighted by Crippen LogP contribution is -2.31. The van der Waals surface area contributed by atoms with Crippen molar-refractivity contribution in [3.05, 3.63) is 65.5 Å². The van der Waals surface area contributed by atoms with Crippen molar-refractivity contribution >= 4 is 28.6 Å². The van der Waals surface area contributed by atoms with E-state index in [2.05, 4.69) is 26.9 Å². The van der Waals surface area contributed by atoms with Crippen LogP contribution in [0.1, 0.15) is 59.1 Å². The Balaban J connectivity index is 0.000000211. The van der Waals surface area contributed by atoms with E-state index in [-0.39, 0.29) is 5.91 Å². The number of esters is 1. The fraction of sp³-hybridized carbons (Fsp3) is 0.429. The number of rotatable bonds is 5. The lowest BCUT2D eigenvalue weighted by Gasteiger charge is -2.26. The minimum absolute atomic E-state index is 0.0787. The van der Waals surface area contributed by atoms with Gasteiger partial charge in [-0.15, -0.1) is 0 Å². The quantitative estimate of drug-likeness (QED) is 0.520. The smallest absolute Gasteiger partial charge is 0.337 e. The predicted molar refractivity (Wildman–Crippen MR) is 140 cm³/mol. The molecule has 1 aliphatic carbocycles. The van der Waals surface area contributed by atoms with Gasteiger partial charge in [-0.25, -0.2) is 14.8 Å². The number of nitrogens with one attached hydrogen (secondary N) is 1. The molecule has 0 unspecified atom stereocenters. The number of carbonyl (C=O) groups is 2. The molecule has 2 aromatic carbocycles. The zero-order valence-corrected chi connectivity index (χ0v) is 21.4. The van der Waals surface area contributed by atoms with Gasteiger partial charge in [0.1, 0.15) is 11.6 Å². The lowest BCUT2D eigenvalue weighted by atomic mass is 9.83. The second-order valence-corrected chi connectivity index (χ2v) is 9.41. The number of methoxy groups -OCH3 is 1. The molecule has 7 heteroatoms. The first-order chi connectivity index (χ1) is 16.8. The van der Waals surface area contributed by atoms with Crippen LogP contribution in [0.25, 0.3) is 10.9 Å². The van der Waals surface area contributed by atoms with Gasteiger partial charge in [0, 0.05) is 31.6 Å². The van der Waals surface area contributed by atoms with E-state index in [1.807, 2.05) is 50.2 Å². The first-order valence-electron chi connectivity index (χ1n) is 12.2. The van der Waals surface area contributed by atoms with Crippen molar-refractivity contribution < 1.29 is 14.3 Å². The molecule has 1 aliphatic rings. The lowest BCUT2D eigenvalue weighted by molar-refractivity contribution is 0.0600. The van der Waals surface area contributed by atoms with Gasteiger partial charge in [0.25, 0.3) is 5.91 Å². The van der Waals surface area contributed by atoms with E-state index in [0.717, 1.165) is 35.0 Å². The van der Waals surface area contributed by atoms with E-state index >= 15 is 0 Å². The number of carbonyl (C=O) groups excluding carboxylic acids is 2. The van der Waals surface area contributed by atoms with E-state index in [1.54, 1.807) is 24.3 Å². The number of hydrogen-bond acceptors (Lipinski definition) is 6. The molecule has 0 atom stereocenters. The first kappa shape index (κ1) is 26.1. The minimum Gasteiger partial charge on any atom is -0.465 e. The Hall–Kier alpha value is -3.48. The molecule has 0 saturated heterocycles. The standard InChI is InChI=1S/C17H23NO3.C11H13N3/c1-12-3-5-13(6-4-12)11-18-16(19)14-7-9-15(10-8-14)17(20)21-2;1-8-12-10-7-5-4-6-9(10)11(13-8)14(2)3/h7-10,12-13H,3-6,11H2,1-2H3,(H,18,19);4-7H,1-3H3. The Kier molecular flexibility index (Phi) is 9.18. The molecule has 1 fully saturated rings. The summed E-state index contributed by atoms with van der Waals surface area (Å²) in [6.07, 6.45) is 4.91. The third-order valence-electron chi connectivity index (χ3n) is 6.37. The molecule has 1 aromatic heterocycles. The van der Waals surface area contributed by atoms with E-state index in [4.69, 9.17) is 0 Å². The maximum absolute atomic E-state index is 12.1. The summed E-state index contributed by atoms with van der Waals surface area (Å²) >= 11 is 0. The number of aromatic nitrogens is 2. The Morgan fingerprint density at radius 2 is 1.60 bits per heavy atom. The number of amides is 1. The predicted octanol–water partition coefficient (Wildman–Crippen LogP) is 5.03. The van der Waals surface area contributed by atoms with Crippen LogP contribution in [0.5, 0.6) is 0 Å². The number of aryl methyl sites for hydroxylation is 1. The molecule has 0 radical (unpaired) electrons. The second kappa shape index (κ2) is 12.3. The molecule has 1 N–H and O–H groups in total. The van der Waals surface area contributed by atoms with Crippen LogP contribution >= 0.6 is 0 Å². The van der Waals surface area contributed by atoms with Crippen LogP contribution in [0, 0.1) is 18.8 Å². The van der Waals surface area contributed by atoms with Crippen LogP contribution in [-0.4, -0.2) is 49.6 Å². The highest BCUT2D eigenvalue weighted by Crippen LogP contribution is 2.27. The topological polar surface area (TPSA) is 84.4 Å². The average molecular weight is 477 g/mol. The van der Waals surface area contributed by atoms with Crippen LogP contribution < -0.4 is 10.2 Å². The van der Waals surface area contributed by atoms with Crippen molar-refractivity contribution in [2.45, 2.75) is 39.5 Å². The molecule has 7 nitrogen and oxygen atoms in total. The average Bonchev–Trinajstić information content (AvgIpc) is 2.87. The van der Waals surface area contributed by atoms with E-state index in [0.29, 0.717) is 17.0 Å².